The molecule has 1 saturated heterocycles. The van der Waals surface area contributed by atoms with Crippen LogP contribution in [-0.4, -0.2) is 64.1 Å². The van der Waals surface area contributed by atoms with Crippen LogP contribution in [0, 0.1) is 0 Å². The van der Waals surface area contributed by atoms with E-state index in [1.54, 1.807) is 18.2 Å². The lowest BCUT2D eigenvalue weighted by Crippen LogP contribution is -2.47. The minimum absolute atomic E-state index is 0.254. The normalized spacial score (nSPS) is 17.4. The molecule has 0 N–H and O–H groups in total. The van der Waals surface area contributed by atoms with E-state index in [-0.39, 0.29) is 4.90 Å². The second kappa shape index (κ2) is 7.30. The second-order valence-electron chi connectivity index (χ2n) is 5.18. The summed E-state index contributed by atoms with van der Waals surface area (Å²) >= 11 is 0. The zero-order chi connectivity index (χ0) is 16.2. The molecule has 1 heterocycles. The highest BCUT2D eigenvalue weighted by molar-refractivity contribution is 7.89. The zero-order valence-corrected chi connectivity index (χ0v) is 14.2. The Morgan fingerprint density at radius 3 is 2.18 bits per heavy atom. The van der Waals surface area contributed by atoms with Crippen molar-refractivity contribution in [2.45, 2.75) is 18.7 Å². The van der Waals surface area contributed by atoms with Crippen molar-refractivity contribution in [1.29, 1.82) is 0 Å². The average molecular weight is 328 g/mol. The van der Waals surface area contributed by atoms with Crippen LogP contribution in [-0.2, 0) is 10.0 Å². The summed E-state index contributed by atoms with van der Waals surface area (Å²) < 4.78 is 38.0. The van der Waals surface area contributed by atoms with E-state index in [2.05, 4.69) is 4.90 Å². The molecule has 6 nitrogen and oxygen atoms in total. The van der Waals surface area contributed by atoms with E-state index in [0.717, 1.165) is 13.1 Å². The molecule has 0 atom stereocenters. The van der Waals surface area contributed by atoms with Crippen LogP contribution in [0.5, 0.6) is 11.5 Å². The Bertz CT molecular complexity index is 596. The van der Waals surface area contributed by atoms with Gasteiger partial charge in [-0.1, -0.05) is 0 Å². The summed E-state index contributed by atoms with van der Waals surface area (Å²) in [4.78, 5) is 2.37. The SMILES string of the molecule is CCOc1ccc(S(=O)(=O)N2CCN(C)CC2)cc1OCC. The summed E-state index contributed by atoms with van der Waals surface area (Å²) in [5, 5.41) is 0. The topological polar surface area (TPSA) is 59.1 Å². The minimum atomic E-state index is -3.49. The van der Waals surface area contributed by atoms with Crippen LogP contribution in [0.3, 0.4) is 0 Å². The molecular weight excluding hydrogens is 304 g/mol. The maximum absolute atomic E-state index is 12.7. The third-order valence-electron chi connectivity index (χ3n) is 3.61. The van der Waals surface area contributed by atoms with Crippen LogP contribution in [0.15, 0.2) is 23.1 Å². The van der Waals surface area contributed by atoms with Crippen molar-refractivity contribution in [3.63, 3.8) is 0 Å². The minimum Gasteiger partial charge on any atom is -0.490 e. The highest BCUT2D eigenvalue weighted by Crippen LogP contribution is 2.31. The van der Waals surface area contributed by atoms with Gasteiger partial charge in [-0.25, -0.2) is 8.42 Å². The van der Waals surface area contributed by atoms with Crippen LogP contribution in [0.2, 0.25) is 0 Å². The lowest BCUT2D eigenvalue weighted by atomic mass is 10.3. The van der Waals surface area contributed by atoms with E-state index < -0.39 is 10.0 Å². The second-order valence-corrected chi connectivity index (χ2v) is 7.12. The summed E-state index contributed by atoms with van der Waals surface area (Å²) in [7, 11) is -1.49. The first-order valence-corrected chi connectivity index (χ1v) is 9.01. The van der Waals surface area contributed by atoms with Gasteiger partial charge in [-0.15, -0.1) is 0 Å². The molecule has 0 aliphatic carbocycles. The number of piperazine rings is 1. The summed E-state index contributed by atoms with van der Waals surface area (Å²) in [5.74, 6) is 1.04. The van der Waals surface area contributed by atoms with Gasteiger partial charge in [0, 0.05) is 32.2 Å². The Balaban J connectivity index is 2.28. The van der Waals surface area contributed by atoms with E-state index in [0.29, 0.717) is 37.8 Å². The van der Waals surface area contributed by atoms with Crippen LogP contribution >= 0.6 is 0 Å². The number of ether oxygens (including phenoxy) is 2. The van der Waals surface area contributed by atoms with Gasteiger partial charge in [0.25, 0.3) is 0 Å². The van der Waals surface area contributed by atoms with Gasteiger partial charge < -0.3 is 14.4 Å². The number of hydrogen-bond donors (Lipinski definition) is 0. The molecule has 0 spiro atoms. The van der Waals surface area contributed by atoms with Crippen molar-refractivity contribution in [2.75, 3.05) is 46.4 Å². The number of sulfonamides is 1. The smallest absolute Gasteiger partial charge is 0.243 e. The highest BCUT2D eigenvalue weighted by atomic mass is 32.2. The van der Waals surface area contributed by atoms with E-state index in [1.807, 2.05) is 20.9 Å². The van der Waals surface area contributed by atoms with Crippen molar-refractivity contribution >= 4 is 10.0 Å². The molecule has 1 aromatic rings. The van der Waals surface area contributed by atoms with Crippen LogP contribution in [0.25, 0.3) is 0 Å². The van der Waals surface area contributed by atoms with Crippen molar-refractivity contribution in [3.05, 3.63) is 18.2 Å². The summed E-state index contributed by atoms with van der Waals surface area (Å²) in [6, 6.07) is 4.81. The van der Waals surface area contributed by atoms with Gasteiger partial charge in [-0.2, -0.15) is 4.31 Å². The number of rotatable bonds is 6. The Morgan fingerprint density at radius 1 is 1.00 bits per heavy atom. The van der Waals surface area contributed by atoms with Crippen molar-refractivity contribution in [1.82, 2.24) is 9.21 Å². The van der Waals surface area contributed by atoms with E-state index in [1.165, 1.54) is 4.31 Å². The largest absolute Gasteiger partial charge is 0.490 e. The molecule has 7 heteroatoms. The van der Waals surface area contributed by atoms with Gasteiger partial charge >= 0.3 is 0 Å². The molecule has 0 unspecified atom stereocenters. The lowest BCUT2D eigenvalue weighted by Gasteiger charge is -2.31. The monoisotopic (exact) mass is 328 g/mol. The predicted octanol–water partition coefficient (Wildman–Crippen LogP) is 1.42. The quantitative estimate of drug-likeness (QED) is 0.790. The molecule has 1 fully saturated rings. The van der Waals surface area contributed by atoms with Crippen LogP contribution in [0.1, 0.15) is 13.8 Å². The maximum Gasteiger partial charge on any atom is 0.243 e. The molecule has 0 amide bonds. The van der Waals surface area contributed by atoms with Gasteiger partial charge in [0.15, 0.2) is 11.5 Å². The van der Waals surface area contributed by atoms with Gasteiger partial charge in [0.1, 0.15) is 0 Å². The Hall–Kier alpha value is -1.31. The van der Waals surface area contributed by atoms with E-state index >= 15 is 0 Å². The molecule has 1 aromatic carbocycles. The first-order valence-electron chi connectivity index (χ1n) is 7.57. The Morgan fingerprint density at radius 2 is 1.59 bits per heavy atom. The van der Waals surface area contributed by atoms with E-state index in [9.17, 15) is 8.42 Å². The van der Waals surface area contributed by atoms with Crippen molar-refractivity contribution in [2.24, 2.45) is 0 Å². The molecule has 2 rings (SSSR count). The molecule has 1 aliphatic rings. The summed E-state index contributed by atoms with van der Waals surface area (Å²) in [6.45, 7) is 7.21. The third-order valence-corrected chi connectivity index (χ3v) is 5.51. The van der Waals surface area contributed by atoms with Crippen molar-refractivity contribution < 1.29 is 17.9 Å². The van der Waals surface area contributed by atoms with Gasteiger partial charge in [-0.05, 0) is 33.0 Å². The van der Waals surface area contributed by atoms with E-state index in [4.69, 9.17) is 9.47 Å². The molecule has 124 valence electrons. The molecule has 0 radical (unpaired) electrons. The molecule has 0 aromatic heterocycles. The Kier molecular flexibility index (Phi) is 5.66. The van der Waals surface area contributed by atoms with Crippen molar-refractivity contribution in [3.8, 4) is 11.5 Å². The summed E-state index contributed by atoms with van der Waals surface area (Å²) in [6.07, 6.45) is 0. The maximum atomic E-state index is 12.7. The van der Waals surface area contributed by atoms with Crippen LogP contribution in [0.4, 0.5) is 0 Å². The van der Waals surface area contributed by atoms with Gasteiger partial charge in [0.05, 0.1) is 18.1 Å². The average Bonchev–Trinajstić information content (AvgIpc) is 2.50. The molecular formula is C15H24N2O4S. The molecule has 0 saturated carbocycles. The zero-order valence-electron chi connectivity index (χ0n) is 13.4. The Labute approximate surface area is 132 Å². The fraction of sp³-hybridized carbons (Fsp3) is 0.600. The number of likely N-dealkylation sites (N-methyl/N-ethyl adjacent to an activating group) is 1. The first kappa shape index (κ1) is 17.1. The highest BCUT2D eigenvalue weighted by Gasteiger charge is 2.28. The number of hydrogen-bond acceptors (Lipinski definition) is 5. The fourth-order valence-electron chi connectivity index (χ4n) is 2.37. The van der Waals surface area contributed by atoms with Crippen LogP contribution < -0.4 is 9.47 Å². The molecule has 0 bridgehead atoms. The number of benzene rings is 1. The fourth-order valence-corrected chi connectivity index (χ4v) is 3.81. The number of nitrogens with zero attached hydrogens (tertiary/aromatic N) is 2. The lowest BCUT2D eigenvalue weighted by molar-refractivity contribution is 0.222. The molecule has 1 aliphatic heterocycles. The standard InChI is InChI=1S/C15H24N2O4S/c1-4-20-14-7-6-13(12-15(14)21-5-2)22(18,19)17-10-8-16(3)9-11-17/h6-7,12H,4-5,8-11H2,1-3H3. The third kappa shape index (κ3) is 3.71. The van der Waals surface area contributed by atoms with Gasteiger partial charge in [-0.3, -0.25) is 0 Å². The first-order chi connectivity index (χ1) is 10.5. The summed E-state index contributed by atoms with van der Waals surface area (Å²) in [5.41, 5.74) is 0. The molecule has 22 heavy (non-hydrogen) atoms. The predicted molar refractivity (Wildman–Crippen MR) is 85.0 cm³/mol. The van der Waals surface area contributed by atoms with Gasteiger partial charge in [0.2, 0.25) is 10.0 Å².